The fraction of sp³-hybridized carbons (Fsp3) is 0.222. The van der Waals surface area contributed by atoms with Gasteiger partial charge in [0.05, 0.1) is 12.7 Å². The second-order valence-corrected chi connectivity index (χ2v) is 6.36. The van der Waals surface area contributed by atoms with Gasteiger partial charge in [0, 0.05) is 7.05 Å². The van der Waals surface area contributed by atoms with Gasteiger partial charge >= 0.3 is 5.97 Å². The van der Waals surface area contributed by atoms with E-state index in [2.05, 4.69) is 4.74 Å². The van der Waals surface area contributed by atoms with Crippen LogP contribution >= 0.6 is 11.3 Å². The maximum absolute atomic E-state index is 12.0. The van der Waals surface area contributed by atoms with Crippen molar-refractivity contribution in [2.24, 2.45) is 0 Å². The Labute approximate surface area is 102 Å². The van der Waals surface area contributed by atoms with Crippen LogP contribution in [0.1, 0.15) is 5.56 Å². The molecule has 6 nitrogen and oxygen atoms in total. The smallest absolute Gasteiger partial charge is 0.359 e. The minimum Gasteiger partial charge on any atom is -0.505 e. The molecule has 92 valence electrons. The molecule has 1 aliphatic rings. The van der Waals surface area contributed by atoms with Crippen LogP contribution in [0.25, 0.3) is 5.76 Å². The number of esters is 1. The Morgan fingerprint density at radius 2 is 2.18 bits per heavy atom. The highest BCUT2D eigenvalue weighted by molar-refractivity contribution is 7.91. The molecule has 0 bridgehead atoms. The summed E-state index contributed by atoms with van der Waals surface area (Å²) < 4.78 is 29.3. The lowest BCUT2D eigenvalue weighted by Crippen LogP contribution is -2.34. The molecule has 1 aromatic heterocycles. The summed E-state index contributed by atoms with van der Waals surface area (Å²) in [6.45, 7) is 0. The average Bonchev–Trinajstić information content (AvgIpc) is 2.76. The standard InChI is InChI=1S/C9H9NO5S2/c1-10-6(8(12)15-2)7(11)5-3-4-16-9(5)17(10,13)14/h3-4,11H,1-2H3. The summed E-state index contributed by atoms with van der Waals surface area (Å²) in [5, 5.41) is 11.4. The number of hydrogen-bond donors (Lipinski definition) is 1. The van der Waals surface area contributed by atoms with Crippen LogP contribution in [0.3, 0.4) is 0 Å². The Morgan fingerprint density at radius 1 is 1.53 bits per heavy atom. The highest BCUT2D eigenvalue weighted by Gasteiger charge is 2.39. The van der Waals surface area contributed by atoms with Gasteiger partial charge in [-0.05, 0) is 11.4 Å². The molecule has 17 heavy (non-hydrogen) atoms. The Balaban J connectivity index is 2.77. The number of rotatable bonds is 1. The molecule has 1 N–H and O–H groups in total. The zero-order valence-corrected chi connectivity index (χ0v) is 10.6. The fourth-order valence-corrected chi connectivity index (χ4v) is 4.21. The van der Waals surface area contributed by atoms with Crippen molar-refractivity contribution in [1.82, 2.24) is 4.31 Å². The number of aliphatic hydroxyl groups is 1. The van der Waals surface area contributed by atoms with E-state index in [1.807, 2.05) is 0 Å². The van der Waals surface area contributed by atoms with E-state index in [9.17, 15) is 18.3 Å². The SMILES string of the molecule is COC(=O)C1=C(O)c2ccsc2S(=O)(=O)N1C. The van der Waals surface area contributed by atoms with E-state index in [0.29, 0.717) is 0 Å². The van der Waals surface area contributed by atoms with Gasteiger partial charge in [-0.25, -0.2) is 13.2 Å². The first kappa shape index (κ1) is 11.9. The third kappa shape index (κ3) is 1.52. The molecular formula is C9H9NO5S2. The summed E-state index contributed by atoms with van der Waals surface area (Å²) in [6, 6.07) is 1.45. The number of carbonyl (C=O) groups is 1. The lowest BCUT2D eigenvalue weighted by Gasteiger charge is -2.25. The van der Waals surface area contributed by atoms with Gasteiger partial charge in [0.25, 0.3) is 10.0 Å². The summed E-state index contributed by atoms with van der Waals surface area (Å²) in [5.41, 5.74) is -0.244. The summed E-state index contributed by atoms with van der Waals surface area (Å²) in [5.74, 6) is -1.28. The zero-order chi connectivity index (χ0) is 12.8. The molecule has 2 heterocycles. The normalized spacial score (nSPS) is 17.9. The van der Waals surface area contributed by atoms with Crippen LogP contribution < -0.4 is 0 Å². The van der Waals surface area contributed by atoms with E-state index >= 15 is 0 Å². The number of nitrogens with zero attached hydrogens (tertiary/aromatic N) is 1. The lowest BCUT2D eigenvalue weighted by molar-refractivity contribution is -0.137. The van der Waals surface area contributed by atoms with Gasteiger partial charge in [-0.2, -0.15) is 0 Å². The topological polar surface area (TPSA) is 83.9 Å². The number of carbonyl (C=O) groups excluding carboxylic acids is 1. The van der Waals surface area contributed by atoms with Crippen molar-refractivity contribution in [3.05, 3.63) is 22.7 Å². The molecule has 0 saturated carbocycles. The predicted octanol–water partition coefficient (Wildman–Crippen LogP) is 0.782. The molecule has 0 aromatic carbocycles. The van der Waals surface area contributed by atoms with Crippen molar-refractivity contribution in [3.8, 4) is 0 Å². The summed E-state index contributed by atoms with van der Waals surface area (Å²) in [4.78, 5) is 11.5. The molecule has 8 heteroatoms. The fourth-order valence-electron chi connectivity index (χ4n) is 1.51. The van der Waals surface area contributed by atoms with Gasteiger partial charge in [-0.1, -0.05) is 0 Å². The van der Waals surface area contributed by atoms with Crippen molar-refractivity contribution in [1.29, 1.82) is 0 Å². The number of hydrogen-bond acceptors (Lipinski definition) is 6. The van der Waals surface area contributed by atoms with E-state index in [1.54, 1.807) is 0 Å². The van der Waals surface area contributed by atoms with Crippen molar-refractivity contribution in [2.45, 2.75) is 4.21 Å². The molecule has 1 aromatic rings. The van der Waals surface area contributed by atoms with E-state index in [0.717, 1.165) is 22.8 Å². The minimum absolute atomic E-state index is 0.0187. The molecule has 1 aliphatic heterocycles. The Hall–Kier alpha value is -1.54. The molecule has 0 fully saturated rings. The average molecular weight is 275 g/mol. The highest BCUT2D eigenvalue weighted by atomic mass is 32.2. The second-order valence-electron chi connectivity index (χ2n) is 3.28. The van der Waals surface area contributed by atoms with Gasteiger partial charge < -0.3 is 9.84 Å². The number of thiophene rings is 1. The zero-order valence-electron chi connectivity index (χ0n) is 9.00. The van der Waals surface area contributed by atoms with Crippen LogP contribution in [-0.4, -0.2) is 38.0 Å². The number of sulfonamides is 1. The largest absolute Gasteiger partial charge is 0.505 e. The van der Waals surface area contributed by atoms with Gasteiger partial charge in [-0.3, -0.25) is 4.31 Å². The summed E-state index contributed by atoms with van der Waals surface area (Å²) in [6.07, 6.45) is 0. The Bertz CT molecular complexity index is 613. The maximum Gasteiger partial charge on any atom is 0.359 e. The predicted molar refractivity (Wildman–Crippen MR) is 60.8 cm³/mol. The first-order valence-electron chi connectivity index (χ1n) is 4.49. The van der Waals surface area contributed by atoms with Crippen molar-refractivity contribution >= 4 is 33.1 Å². The van der Waals surface area contributed by atoms with Crippen molar-refractivity contribution in [2.75, 3.05) is 14.2 Å². The quantitative estimate of drug-likeness (QED) is 0.766. The van der Waals surface area contributed by atoms with Crippen molar-refractivity contribution in [3.63, 3.8) is 0 Å². The summed E-state index contributed by atoms with van der Waals surface area (Å²) >= 11 is 0.985. The molecule has 0 spiro atoms. The van der Waals surface area contributed by atoms with Gasteiger partial charge in [0.1, 0.15) is 0 Å². The molecular weight excluding hydrogens is 266 g/mol. The first-order chi connectivity index (χ1) is 7.91. The molecule has 0 atom stereocenters. The monoisotopic (exact) mass is 275 g/mol. The molecule has 2 rings (SSSR count). The Kier molecular flexibility index (Phi) is 2.63. The van der Waals surface area contributed by atoms with Crippen molar-refractivity contribution < 1.29 is 23.1 Å². The molecule has 0 amide bonds. The van der Waals surface area contributed by atoms with Crippen LogP contribution in [-0.2, 0) is 19.6 Å². The van der Waals surface area contributed by atoms with E-state index in [4.69, 9.17) is 0 Å². The van der Waals surface area contributed by atoms with Crippen LogP contribution in [0.2, 0.25) is 0 Å². The third-order valence-corrected chi connectivity index (χ3v) is 5.62. The molecule has 0 saturated heterocycles. The second kappa shape index (κ2) is 3.74. The molecule has 0 radical (unpaired) electrons. The van der Waals surface area contributed by atoms with Crippen LogP contribution in [0, 0.1) is 0 Å². The highest BCUT2D eigenvalue weighted by Crippen LogP contribution is 2.37. The molecule has 0 aliphatic carbocycles. The lowest BCUT2D eigenvalue weighted by atomic mass is 10.2. The number of likely N-dealkylation sites (N-methyl/N-ethyl adjacent to an activating group) is 1. The van der Waals surface area contributed by atoms with E-state index < -0.39 is 16.0 Å². The van der Waals surface area contributed by atoms with E-state index in [-0.39, 0.29) is 21.2 Å². The summed E-state index contributed by atoms with van der Waals surface area (Å²) in [7, 11) is -1.47. The van der Waals surface area contributed by atoms with Crippen LogP contribution in [0.15, 0.2) is 21.4 Å². The maximum atomic E-state index is 12.0. The number of methoxy groups -OCH3 is 1. The van der Waals surface area contributed by atoms with Crippen LogP contribution in [0.4, 0.5) is 0 Å². The Morgan fingerprint density at radius 3 is 2.76 bits per heavy atom. The third-order valence-electron chi connectivity index (χ3n) is 2.40. The number of aliphatic hydroxyl groups excluding tert-OH is 1. The minimum atomic E-state index is -3.78. The van der Waals surface area contributed by atoms with E-state index in [1.165, 1.54) is 18.5 Å². The number of ether oxygens (including phenoxy) is 1. The first-order valence-corrected chi connectivity index (χ1v) is 6.81. The number of fused-ring (bicyclic) bond motifs is 1. The van der Waals surface area contributed by atoms with Crippen LogP contribution in [0.5, 0.6) is 0 Å². The molecule has 0 unspecified atom stereocenters. The van der Waals surface area contributed by atoms with Gasteiger partial charge in [0.15, 0.2) is 15.7 Å². The van der Waals surface area contributed by atoms with Gasteiger partial charge in [0.2, 0.25) is 0 Å². The van der Waals surface area contributed by atoms with Gasteiger partial charge in [-0.15, -0.1) is 11.3 Å².